The zero-order valence-electron chi connectivity index (χ0n) is 12.5. The van der Waals surface area contributed by atoms with E-state index in [0.29, 0.717) is 37.1 Å². The molecule has 3 rings (SSSR count). The molecular formula is C15H25N3O2S. The van der Waals surface area contributed by atoms with E-state index in [9.17, 15) is 4.79 Å². The van der Waals surface area contributed by atoms with Gasteiger partial charge in [0.1, 0.15) is 5.41 Å². The van der Waals surface area contributed by atoms with Crippen LogP contribution >= 0.6 is 12.2 Å². The largest absolute Gasteiger partial charge is 0.392 e. The van der Waals surface area contributed by atoms with E-state index in [4.69, 9.17) is 22.7 Å². The second kappa shape index (κ2) is 6.18. The van der Waals surface area contributed by atoms with E-state index >= 15 is 0 Å². The van der Waals surface area contributed by atoms with Gasteiger partial charge in [-0.3, -0.25) is 4.79 Å². The third-order valence-corrected chi connectivity index (χ3v) is 5.80. The smallest absolute Gasteiger partial charge is 0.233 e. The van der Waals surface area contributed by atoms with E-state index in [2.05, 4.69) is 10.2 Å². The minimum Gasteiger partial charge on any atom is -0.392 e. The summed E-state index contributed by atoms with van der Waals surface area (Å²) in [4.78, 5) is 15.7. The van der Waals surface area contributed by atoms with Gasteiger partial charge in [0, 0.05) is 31.8 Å². The zero-order chi connectivity index (χ0) is 14.9. The number of amides is 1. The number of hydrogen-bond acceptors (Lipinski definition) is 4. The maximum absolute atomic E-state index is 12.8. The fourth-order valence-corrected chi connectivity index (χ4v) is 4.28. The molecule has 21 heavy (non-hydrogen) atoms. The Morgan fingerprint density at radius 1 is 1.29 bits per heavy atom. The number of nitrogens with one attached hydrogen (secondary N) is 1. The number of nitrogens with zero attached hydrogens (tertiary/aromatic N) is 1. The van der Waals surface area contributed by atoms with Gasteiger partial charge in [-0.2, -0.15) is 0 Å². The lowest BCUT2D eigenvalue weighted by atomic mass is 9.78. The summed E-state index contributed by atoms with van der Waals surface area (Å²) in [5.74, 6) is 0.0229. The SMILES string of the molecule is NC(=S)C1(C(=O)NC2CCN3CCCC3C2)CCOCC1. The molecule has 0 aromatic rings. The minimum atomic E-state index is -0.694. The molecule has 6 heteroatoms. The highest BCUT2D eigenvalue weighted by atomic mass is 32.1. The molecule has 2 atom stereocenters. The van der Waals surface area contributed by atoms with Gasteiger partial charge in [-0.25, -0.2) is 0 Å². The number of piperidine rings is 1. The van der Waals surface area contributed by atoms with Gasteiger partial charge in [0.05, 0.1) is 4.99 Å². The maximum Gasteiger partial charge on any atom is 0.233 e. The maximum atomic E-state index is 12.8. The first-order chi connectivity index (χ1) is 10.1. The number of fused-ring (bicyclic) bond motifs is 1. The Bertz CT molecular complexity index is 423. The second-order valence-electron chi connectivity index (χ2n) is 6.59. The Labute approximate surface area is 131 Å². The number of carbonyl (C=O) groups excluding carboxylic acids is 1. The van der Waals surface area contributed by atoms with Gasteiger partial charge in [-0.05, 0) is 45.1 Å². The first kappa shape index (κ1) is 15.2. The zero-order valence-corrected chi connectivity index (χ0v) is 13.3. The summed E-state index contributed by atoms with van der Waals surface area (Å²) in [7, 11) is 0. The van der Waals surface area contributed by atoms with Crippen molar-refractivity contribution in [2.24, 2.45) is 11.1 Å². The summed E-state index contributed by atoms with van der Waals surface area (Å²) in [6.07, 6.45) is 5.87. The predicted molar refractivity (Wildman–Crippen MR) is 85.0 cm³/mol. The quantitative estimate of drug-likeness (QED) is 0.755. The van der Waals surface area contributed by atoms with Gasteiger partial charge in [-0.1, -0.05) is 12.2 Å². The molecule has 5 nitrogen and oxygen atoms in total. The van der Waals surface area contributed by atoms with Crippen molar-refractivity contribution in [1.82, 2.24) is 10.2 Å². The van der Waals surface area contributed by atoms with E-state index in [1.54, 1.807) is 0 Å². The Hall–Kier alpha value is -0.720. The van der Waals surface area contributed by atoms with Crippen LogP contribution in [0.1, 0.15) is 38.5 Å². The summed E-state index contributed by atoms with van der Waals surface area (Å²) in [5, 5.41) is 3.23. The highest BCUT2D eigenvalue weighted by Crippen LogP contribution is 2.33. The van der Waals surface area contributed by atoms with Crippen molar-refractivity contribution in [3.8, 4) is 0 Å². The molecule has 3 heterocycles. The van der Waals surface area contributed by atoms with Gasteiger partial charge in [0.25, 0.3) is 0 Å². The van der Waals surface area contributed by atoms with Gasteiger partial charge in [0.2, 0.25) is 5.91 Å². The first-order valence-electron chi connectivity index (χ1n) is 8.04. The Morgan fingerprint density at radius 2 is 2.05 bits per heavy atom. The number of nitrogens with two attached hydrogens (primary N) is 1. The number of rotatable bonds is 3. The Balaban J connectivity index is 1.63. The molecule has 3 fully saturated rings. The molecule has 0 aliphatic carbocycles. The van der Waals surface area contributed by atoms with Crippen molar-refractivity contribution in [3.63, 3.8) is 0 Å². The van der Waals surface area contributed by atoms with Crippen molar-refractivity contribution in [2.75, 3.05) is 26.3 Å². The van der Waals surface area contributed by atoms with Gasteiger partial charge in [-0.15, -0.1) is 0 Å². The first-order valence-corrected chi connectivity index (χ1v) is 8.45. The van der Waals surface area contributed by atoms with Crippen molar-refractivity contribution in [2.45, 2.75) is 50.6 Å². The molecule has 3 N–H and O–H groups in total. The van der Waals surface area contributed by atoms with Crippen LogP contribution in [-0.2, 0) is 9.53 Å². The van der Waals surface area contributed by atoms with Crippen molar-refractivity contribution >= 4 is 23.1 Å². The van der Waals surface area contributed by atoms with E-state index in [1.165, 1.54) is 19.4 Å². The minimum absolute atomic E-state index is 0.0229. The summed E-state index contributed by atoms with van der Waals surface area (Å²) in [5.41, 5.74) is 5.21. The lowest BCUT2D eigenvalue weighted by molar-refractivity contribution is -0.132. The van der Waals surface area contributed by atoms with Gasteiger partial charge < -0.3 is 20.7 Å². The van der Waals surface area contributed by atoms with E-state index in [-0.39, 0.29) is 11.9 Å². The predicted octanol–water partition coefficient (Wildman–Crippen LogP) is 0.812. The molecule has 3 saturated heterocycles. The molecule has 0 spiro atoms. The van der Waals surface area contributed by atoms with E-state index in [1.807, 2.05) is 0 Å². The van der Waals surface area contributed by atoms with Crippen molar-refractivity contribution < 1.29 is 9.53 Å². The van der Waals surface area contributed by atoms with Crippen molar-refractivity contribution in [1.29, 1.82) is 0 Å². The van der Waals surface area contributed by atoms with Gasteiger partial charge >= 0.3 is 0 Å². The van der Waals surface area contributed by atoms with Crippen LogP contribution in [0.15, 0.2) is 0 Å². The molecule has 0 radical (unpaired) electrons. The second-order valence-corrected chi connectivity index (χ2v) is 7.03. The summed E-state index contributed by atoms with van der Waals surface area (Å²) in [6, 6.07) is 0.922. The van der Waals surface area contributed by atoms with Crippen LogP contribution in [0.25, 0.3) is 0 Å². The van der Waals surface area contributed by atoms with E-state index < -0.39 is 5.41 Å². The lowest BCUT2D eigenvalue weighted by Gasteiger charge is -2.39. The van der Waals surface area contributed by atoms with Crippen LogP contribution in [0.4, 0.5) is 0 Å². The summed E-state index contributed by atoms with van der Waals surface area (Å²) >= 11 is 5.20. The molecule has 2 unspecified atom stereocenters. The standard InChI is InChI=1S/C15H25N3O2S/c16-13(21)15(4-8-20-9-5-15)14(19)17-11-3-7-18-6-1-2-12(18)10-11/h11-12H,1-10H2,(H2,16,21)(H,17,19). The molecule has 118 valence electrons. The molecule has 0 aromatic heterocycles. The highest BCUT2D eigenvalue weighted by molar-refractivity contribution is 7.80. The number of ether oxygens (including phenoxy) is 1. The molecule has 3 aliphatic rings. The summed E-state index contributed by atoms with van der Waals surface area (Å²) in [6.45, 7) is 3.44. The fourth-order valence-electron chi connectivity index (χ4n) is 3.98. The fraction of sp³-hybridized carbons (Fsp3) is 0.867. The third-order valence-electron chi connectivity index (χ3n) is 5.41. The molecule has 3 aliphatic heterocycles. The van der Waals surface area contributed by atoms with Crippen molar-refractivity contribution in [3.05, 3.63) is 0 Å². The van der Waals surface area contributed by atoms with Gasteiger partial charge in [0.15, 0.2) is 0 Å². The van der Waals surface area contributed by atoms with E-state index in [0.717, 1.165) is 19.4 Å². The molecule has 0 bridgehead atoms. The molecular weight excluding hydrogens is 286 g/mol. The lowest BCUT2D eigenvalue weighted by Crippen LogP contribution is -2.56. The number of thiocarbonyl (C=S) groups is 1. The molecule has 1 amide bonds. The van der Waals surface area contributed by atoms with Crippen LogP contribution in [-0.4, -0.2) is 54.2 Å². The highest BCUT2D eigenvalue weighted by Gasteiger charge is 2.44. The average Bonchev–Trinajstić information content (AvgIpc) is 2.95. The van der Waals surface area contributed by atoms with Crippen LogP contribution in [0.2, 0.25) is 0 Å². The van der Waals surface area contributed by atoms with Crippen LogP contribution < -0.4 is 11.1 Å². The Morgan fingerprint density at radius 3 is 2.76 bits per heavy atom. The number of carbonyl (C=O) groups is 1. The third kappa shape index (κ3) is 2.94. The monoisotopic (exact) mass is 311 g/mol. The summed E-state index contributed by atoms with van der Waals surface area (Å²) < 4.78 is 5.37. The Kier molecular flexibility index (Phi) is 4.47. The normalized spacial score (nSPS) is 32.4. The van der Waals surface area contributed by atoms with Crippen LogP contribution in [0.3, 0.4) is 0 Å². The van der Waals surface area contributed by atoms with Crippen LogP contribution in [0, 0.1) is 5.41 Å². The molecule has 0 saturated carbocycles. The average molecular weight is 311 g/mol. The topological polar surface area (TPSA) is 67.6 Å². The van der Waals surface area contributed by atoms with Crippen LogP contribution in [0.5, 0.6) is 0 Å². The molecule has 0 aromatic carbocycles. The number of hydrogen-bond donors (Lipinski definition) is 2.